The van der Waals surface area contributed by atoms with Crippen LogP contribution in [0.15, 0.2) is 41.5 Å². The van der Waals surface area contributed by atoms with Gasteiger partial charge in [-0.2, -0.15) is 4.98 Å². The second kappa shape index (κ2) is 4.10. The maximum absolute atomic E-state index is 4.28. The molecule has 0 aliphatic rings. The molecule has 84 valence electrons. The first-order chi connectivity index (χ1) is 8.31. The fourth-order valence-electron chi connectivity index (χ4n) is 1.39. The Bertz CT molecular complexity index is 650. The fourth-order valence-corrected chi connectivity index (χ4v) is 1.69. The number of hydrogen-bond donors (Lipinski definition) is 1. The van der Waals surface area contributed by atoms with Crippen LogP contribution in [0.1, 0.15) is 0 Å². The molecule has 3 aromatic heterocycles. The van der Waals surface area contributed by atoms with Gasteiger partial charge in [0.05, 0.1) is 24.3 Å². The van der Waals surface area contributed by atoms with E-state index in [1.54, 1.807) is 29.3 Å². The second-order valence-corrected chi connectivity index (χ2v) is 4.13. The molecule has 17 heavy (non-hydrogen) atoms. The van der Waals surface area contributed by atoms with Gasteiger partial charge in [0.15, 0.2) is 5.65 Å². The Hall–Kier alpha value is -2.02. The average molecular weight is 291 g/mol. The van der Waals surface area contributed by atoms with E-state index < -0.39 is 0 Å². The van der Waals surface area contributed by atoms with Crippen molar-refractivity contribution in [3.05, 3.63) is 41.5 Å². The quantitative estimate of drug-likeness (QED) is 0.782. The van der Waals surface area contributed by atoms with E-state index in [-0.39, 0.29) is 0 Å². The van der Waals surface area contributed by atoms with Gasteiger partial charge in [0, 0.05) is 6.20 Å². The minimum Gasteiger partial charge on any atom is -0.321 e. The molecule has 0 aromatic carbocycles. The molecule has 0 spiro atoms. The van der Waals surface area contributed by atoms with Crippen LogP contribution < -0.4 is 5.32 Å². The Kier molecular flexibility index (Phi) is 2.45. The van der Waals surface area contributed by atoms with E-state index in [9.17, 15) is 0 Å². The molecule has 0 aliphatic carbocycles. The molecule has 3 heterocycles. The van der Waals surface area contributed by atoms with Crippen molar-refractivity contribution < 1.29 is 0 Å². The standard InChI is InChI=1S/C10H7BrN6/c11-8-6-17-9(5-13-8)15-10(16-17)14-7-2-1-3-12-4-7/h1-6H,(H,14,16). The monoisotopic (exact) mass is 290 g/mol. The van der Waals surface area contributed by atoms with Crippen LogP contribution >= 0.6 is 15.9 Å². The molecule has 0 fully saturated rings. The van der Waals surface area contributed by atoms with Crippen molar-refractivity contribution in [1.29, 1.82) is 0 Å². The first-order valence-electron chi connectivity index (χ1n) is 4.86. The van der Waals surface area contributed by atoms with Gasteiger partial charge >= 0.3 is 0 Å². The molecule has 0 saturated heterocycles. The van der Waals surface area contributed by atoms with Gasteiger partial charge < -0.3 is 5.32 Å². The lowest BCUT2D eigenvalue weighted by Gasteiger charge is -1.98. The third kappa shape index (κ3) is 2.09. The molecule has 3 aromatic rings. The van der Waals surface area contributed by atoms with Gasteiger partial charge in [-0.15, -0.1) is 5.10 Å². The summed E-state index contributed by atoms with van der Waals surface area (Å²) < 4.78 is 2.36. The lowest BCUT2D eigenvalue weighted by atomic mass is 10.4. The molecule has 3 rings (SSSR count). The summed E-state index contributed by atoms with van der Waals surface area (Å²) in [6, 6.07) is 3.74. The molecule has 0 aliphatic heterocycles. The number of rotatable bonds is 2. The zero-order chi connectivity index (χ0) is 11.7. The number of nitrogens with zero attached hydrogens (tertiary/aromatic N) is 5. The Labute approximate surface area is 105 Å². The Morgan fingerprint density at radius 2 is 2.24 bits per heavy atom. The van der Waals surface area contributed by atoms with Gasteiger partial charge in [0.25, 0.3) is 0 Å². The topological polar surface area (TPSA) is 68.0 Å². The van der Waals surface area contributed by atoms with Crippen LogP contribution in [-0.2, 0) is 0 Å². The van der Waals surface area contributed by atoms with Crippen LogP contribution in [0.25, 0.3) is 5.65 Å². The van der Waals surface area contributed by atoms with E-state index >= 15 is 0 Å². The number of hydrogen-bond acceptors (Lipinski definition) is 5. The van der Waals surface area contributed by atoms with Crippen molar-refractivity contribution in [2.24, 2.45) is 0 Å². The van der Waals surface area contributed by atoms with Gasteiger partial charge in [-0.05, 0) is 28.1 Å². The highest BCUT2D eigenvalue weighted by molar-refractivity contribution is 9.10. The van der Waals surface area contributed by atoms with E-state index in [0.29, 0.717) is 16.2 Å². The van der Waals surface area contributed by atoms with E-state index in [1.807, 2.05) is 12.1 Å². The molecule has 0 saturated carbocycles. The van der Waals surface area contributed by atoms with E-state index in [1.165, 1.54) is 0 Å². The molecule has 0 atom stereocenters. The highest BCUT2D eigenvalue weighted by Crippen LogP contribution is 2.13. The highest BCUT2D eigenvalue weighted by atomic mass is 79.9. The Morgan fingerprint density at radius 3 is 3.06 bits per heavy atom. The van der Waals surface area contributed by atoms with Crippen molar-refractivity contribution in [3.8, 4) is 0 Å². The van der Waals surface area contributed by atoms with Crippen molar-refractivity contribution in [2.45, 2.75) is 0 Å². The van der Waals surface area contributed by atoms with E-state index in [4.69, 9.17) is 0 Å². The fraction of sp³-hybridized carbons (Fsp3) is 0. The predicted octanol–water partition coefficient (Wildman–Crippen LogP) is 2.03. The van der Waals surface area contributed by atoms with Crippen molar-refractivity contribution in [2.75, 3.05) is 5.32 Å². The number of fused-ring (bicyclic) bond motifs is 1. The van der Waals surface area contributed by atoms with Crippen LogP contribution in [0.5, 0.6) is 0 Å². The maximum atomic E-state index is 4.28. The lowest BCUT2D eigenvalue weighted by molar-refractivity contribution is 0.940. The van der Waals surface area contributed by atoms with Gasteiger partial charge in [-0.1, -0.05) is 0 Å². The summed E-state index contributed by atoms with van der Waals surface area (Å²) in [7, 11) is 0. The summed E-state index contributed by atoms with van der Waals surface area (Å²) >= 11 is 3.28. The minimum absolute atomic E-state index is 0.512. The molecular weight excluding hydrogens is 284 g/mol. The average Bonchev–Trinajstić information content (AvgIpc) is 2.71. The smallest absolute Gasteiger partial charge is 0.247 e. The molecule has 0 amide bonds. The van der Waals surface area contributed by atoms with E-state index in [2.05, 4.69) is 41.3 Å². The summed E-state index contributed by atoms with van der Waals surface area (Å²) in [5.74, 6) is 0.512. The van der Waals surface area contributed by atoms with Crippen LogP contribution in [0, 0.1) is 0 Å². The van der Waals surface area contributed by atoms with Crippen molar-refractivity contribution >= 4 is 33.2 Å². The van der Waals surface area contributed by atoms with Crippen molar-refractivity contribution in [3.63, 3.8) is 0 Å². The first-order valence-corrected chi connectivity index (χ1v) is 5.65. The highest BCUT2D eigenvalue weighted by Gasteiger charge is 2.04. The summed E-state index contributed by atoms with van der Waals surface area (Å²) in [6.45, 7) is 0. The molecule has 7 heteroatoms. The number of halogens is 1. The first kappa shape index (κ1) is 10.2. The number of nitrogens with one attached hydrogen (secondary N) is 1. The molecule has 0 unspecified atom stereocenters. The lowest BCUT2D eigenvalue weighted by Crippen LogP contribution is -1.93. The van der Waals surface area contributed by atoms with Gasteiger partial charge in [0.1, 0.15) is 4.60 Å². The molecule has 0 radical (unpaired) electrons. The maximum Gasteiger partial charge on any atom is 0.247 e. The van der Waals surface area contributed by atoms with E-state index in [0.717, 1.165) is 5.69 Å². The molecule has 6 nitrogen and oxygen atoms in total. The molecule has 0 bridgehead atoms. The van der Waals surface area contributed by atoms with Crippen LogP contribution in [0.4, 0.5) is 11.6 Å². The summed E-state index contributed by atoms with van der Waals surface area (Å²) in [5.41, 5.74) is 1.52. The van der Waals surface area contributed by atoms with Gasteiger partial charge in [-0.3, -0.25) is 4.98 Å². The third-order valence-electron chi connectivity index (χ3n) is 2.11. The molecule has 1 N–H and O–H groups in total. The zero-order valence-corrected chi connectivity index (χ0v) is 10.2. The van der Waals surface area contributed by atoms with Crippen molar-refractivity contribution in [1.82, 2.24) is 24.6 Å². The van der Waals surface area contributed by atoms with Crippen LogP contribution in [0.2, 0.25) is 0 Å². The van der Waals surface area contributed by atoms with Gasteiger partial charge in [0.2, 0.25) is 5.95 Å². The molecular formula is C10H7BrN6. The summed E-state index contributed by atoms with van der Waals surface area (Å²) in [4.78, 5) is 12.4. The van der Waals surface area contributed by atoms with Crippen LogP contribution in [-0.4, -0.2) is 24.6 Å². The zero-order valence-electron chi connectivity index (χ0n) is 8.58. The second-order valence-electron chi connectivity index (χ2n) is 3.31. The summed E-state index contributed by atoms with van der Waals surface area (Å²) in [5, 5.41) is 7.33. The summed E-state index contributed by atoms with van der Waals surface area (Å²) in [6.07, 6.45) is 6.81. The van der Waals surface area contributed by atoms with Gasteiger partial charge in [-0.25, -0.2) is 9.50 Å². The number of pyridine rings is 1. The largest absolute Gasteiger partial charge is 0.321 e. The van der Waals surface area contributed by atoms with Crippen LogP contribution in [0.3, 0.4) is 0 Å². The Balaban J connectivity index is 1.96. The Morgan fingerprint density at radius 1 is 1.29 bits per heavy atom. The predicted molar refractivity (Wildman–Crippen MR) is 66.0 cm³/mol. The minimum atomic E-state index is 0.512. The third-order valence-corrected chi connectivity index (χ3v) is 2.52. The SMILES string of the molecule is Brc1cn2nc(Nc3cccnc3)nc2cn1. The normalized spacial score (nSPS) is 10.6. The number of aromatic nitrogens is 5. The number of anilines is 2.